The smallest absolute Gasteiger partial charge is 0.329 e. The number of H-pyrrole nitrogens is 2. The van der Waals surface area contributed by atoms with Crippen molar-refractivity contribution >= 4 is 11.2 Å². The fourth-order valence-electron chi connectivity index (χ4n) is 2.23. The molecule has 0 amide bonds. The lowest BCUT2D eigenvalue weighted by molar-refractivity contribution is 0.400. The summed E-state index contributed by atoms with van der Waals surface area (Å²) in [4.78, 5) is 37.3. The summed E-state index contributed by atoms with van der Waals surface area (Å²) in [6.07, 6.45) is 3.53. The third-order valence-electron chi connectivity index (χ3n) is 3.33. The lowest BCUT2D eigenvalue weighted by Gasteiger charge is -2.22. The van der Waals surface area contributed by atoms with E-state index in [1.165, 1.54) is 4.57 Å². The van der Waals surface area contributed by atoms with Crippen molar-refractivity contribution in [3.8, 4) is 11.6 Å². The Hall–Kier alpha value is -2.64. The molecule has 0 spiro atoms. The Morgan fingerprint density at radius 3 is 2.57 bits per heavy atom. The third-order valence-corrected chi connectivity index (χ3v) is 3.33. The largest absolute Gasteiger partial charge is 0.329 e. The summed E-state index contributed by atoms with van der Waals surface area (Å²) in [5.74, 6) is 1.07. The molecule has 110 valence electrons. The molecule has 21 heavy (non-hydrogen) atoms. The number of hydrogen-bond donors (Lipinski definition) is 2. The molecule has 0 saturated heterocycles. The van der Waals surface area contributed by atoms with Gasteiger partial charge in [-0.25, -0.2) is 14.8 Å². The summed E-state index contributed by atoms with van der Waals surface area (Å²) in [7, 11) is 1.56. The molecule has 8 heteroatoms. The molecule has 0 aliphatic rings. The highest BCUT2D eigenvalue weighted by Crippen LogP contribution is 2.23. The van der Waals surface area contributed by atoms with Gasteiger partial charge in [0.25, 0.3) is 5.56 Å². The minimum atomic E-state index is -0.496. The van der Waals surface area contributed by atoms with Gasteiger partial charge in [0.05, 0.1) is 0 Å². The van der Waals surface area contributed by atoms with Crippen molar-refractivity contribution in [3.05, 3.63) is 33.2 Å². The third kappa shape index (κ3) is 1.99. The van der Waals surface area contributed by atoms with Gasteiger partial charge in [-0.05, 0) is 20.8 Å². The number of aromatic nitrogens is 6. The quantitative estimate of drug-likeness (QED) is 0.683. The number of nitrogens with zero attached hydrogens (tertiary/aromatic N) is 4. The van der Waals surface area contributed by atoms with Gasteiger partial charge in [0.15, 0.2) is 17.3 Å². The molecule has 8 nitrogen and oxygen atoms in total. The maximum Gasteiger partial charge on any atom is 0.329 e. The van der Waals surface area contributed by atoms with Gasteiger partial charge < -0.3 is 9.55 Å². The molecule has 0 aliphatic heterocycles. The van der Waals surface area contributed by atoms with E-state index in [9.17, 15) is 9.59 Å². The molecule has 3 aromatic rings. The molecule has 0 bridgehead atoms. The molecular formula is C13H16N6O2. The van der Waals surface area contributed by atoms with Crippen molar-refractivity contribution in [3.63, 3.8) is 0 Å². The number of fused-ring (bicyclic) bond motifs is 1. The van der Waals surface area contributed by atoms with Gasteiger partial charge in [0, 0.05) is 25.0 Å². The van der Waals surface area contributed by atoms with Gasteiger partial charge in [-0.2, -0.15) is 0 Å². The van der Waals surface area contributed by atoms with Crippen LogP contribution in [0.25, 0.3) is 22.8 Å². The van der Waals surface area contributed by atoms with Crippen LogP contribution < -0.4 is 11.2 Å². The molecular weight excluding hydrogens is 272 g/mol. The predicted octanol–water partition coefficient (Wildman–Crippen LogP) is 0.568. The summed E-state index contributed by atoms with van der Waals surface area (Å²) in [5.41, 5.74) is -0.591. The van der Waals surface area contributed by atoms with E-state index in [1.54, 1.807) is 13.2 Å². The normalized spacial score (nSPS) is 12.2. The Bertz CT molecular complexity index is 934. The van der Waals surface area contributed by atoms with E-state index in [2.05, 4.69) is 19.9 Å². The van der Waals surface area contributed by atoms with Crippen LogP contribution in [0, 0.1) is 0 Å². The van der Waals surface area contributed by atoms with Gasteiger partial charge in [0.2, 0.25) is 0 Å². The number of hydrogen-bond acceptors (Lipinski definition) is 4. The van der Waals surface area contributed by atoms with Crippen molar-refractivity contribution < 1.29 is 0 Å². The predicted molar refractivity (Wildman–Crippen MR) is 78.2 cm³/mol. The second kappa shape index (κ2) is 4.18. The van der Waals surface area contributed by atoms with Gasteiger partial charge >= 0.3 is 5.69 Å². The van der Waals surface area contributed by atoms with E-state index in [0.717, 1.165) is 0 Å². The molecule has 0 radical (unpaired) electrons. The Balaban J connectivity index is 2.31. The van der Waals surface area contributed by atoms with Crippen molar-refractivity contribution in [2.75, 3.05) is 0 Å². The van der Waals surface area contributed by atoms with Crippen LogP contribution in [0.4, 0.5) is 0 Å². The summed E-state index contributed by atoms with van der Waals surface area (Å²) in [6, 6.07) is 0. The van der Waals surface area contributed by atoms with Crippen molar-refractivity contribution in [2.45, 2.75) is 26.3 Å². The molecule has 3 rings (SSSR count). The van der Waals surface area contributed by atoms with Gasteiger partial charge in [-0.1, -0.05) is 0 Å². The van der Waals surface area contributed by atoms with E-state index in [-0.39, 0.29) is 11.1 Å². The molecule has 0 aliphatic carbocycles. The fraction of sp³-hybridized carbons (Fsp3) is 0.385. The van der Waals surface area contributed by atoms with E-state index in [1.807, 2.05) is 31.5 Å². The van der Waals surface area contributed by atoms with E-state index in [4.69, 9.17) is 0 Å². The molecule has 0 aromatic carbocycles. The highest BCUT2D eigenvalue weighted by atomic mass is 16.2. The first kappa shape index (κ1) is 13.3. The van der Waals surface area contributed by atoms with Crippen molar-refractivity contribution in [2.24, 2.45) is 7.05 Å². The maximum atomic E-state index is 11.8. The monoisotopic (exact) mass is 288 g/mol. The zero-order chi connectivity index (χ0) is 15.4. The Morgan fingerprint density at radius 1 is 1.19 bits per heavy atom. The number of aromatic amines is 2. The van der Waals surface area contributed by atoms with Crippen LogP contribution in [-0.2, 0) is 12.6 Å². The fourth-order valence-corrected chi connectivity index (χ4v) is 2.23. The van der Waals surface area contributed by atoms with Crippen molar-refractivity contribution in [1.82, 2.24) is 29.1 Å². The molecule has 0 unspecified atom stereocenters. The standard InChI is InChI=1S/C13H16N6O2/c1-13(2,3)19-6-5-14-10(19)8-15-7-9(16-8)18(4)12(21)17-11(7)20/h5-6H,1-4H3,(H,15,16)(H,17,20,21). The molecule has 3 heterocycles. The Kier molecular flexibility index (Phi) is 2.65. The minimum absolute atomic E-state index is 0.177. The number of rotatable bonds is 1. The second-order valence-electron chi connectivity index (χ2n) is 5.89. The van der Waals surface area contributed by atoms with Crippen LogP contribution in [0.1, 0.15) is 20.8 Å². The lowest BCUT2D eigenvalue weighted by atomic mass is 10.1. The van der Waals surface area contributed by atoms with Gasteiger partial charge in [-0.3, -0.25) is 14.3 Å². The first-order valence-corrected chi connectivity index (χ1v) is 6.52. The van der Waals surface area contributed by atoms with Gasteiger partial charge in [0.1, 0.15) is 5.52 Å². The molecule has 3 aromatic heterocycles. The Morgan fingerprint density at radius 2 is 1.90 bits per heavy atom. The maximum absolute atomic E-state index is 11.8. The van der Waals surface area contributed by atoms with E-state index in [0.29, 0.717) is 17.3 Å². The van der Waals surface area contributed by atoms with Crippen molar-refractivity contribution in [1.29, 1.82) is 0 Å². The minimum Gasteiger partial charge on any atom is -0.329 e. The first-order chi connectivity index (χ1) is 9.79. The topological polar surface area (TPSA) is 101 Å². The van der Waals surface area contributed by atoms with Crippen LogP contribution in [0.5, 0.6) is 0 Å². The second-order valence-corrected chi connectivity index (χ2v) is 5.89. The molecule has 0 saturated carbocycles. The summed E-state index contributed by atoms with van der Waals surface area (Å²) >= 11 is 0. The first-order valence-electron chi connectivity index (χ1n) is 6.52. The SMILES string of the molecule is Cn1c(=O)[nH]c(=O)c2[nH]c(-c3nccn3C(C)(C)C)nc21. The van der Waals surface area contributed by atoms with Crippen LogP contribution in [0.15, 0.2) is 22.0 Å². The zero-order valence-electron chi connectivity index (χ0n) is 12.3. The van der Waals surface area contributed by atoms with E-state index >= 15 is 0 Å². The summed E-state index contributed by atoms with van der Waals surface area (Å²) in [6.45, 7) is 6.14. The molecule has 2 N–H and O–H groups in total. The van der Waals surface area contributed by atoms with Crippen LogP contribution in [-0.4, -0.2) is 29.1 Å². The summed E-state index contributed by atoms with van der Waals surface area (Å²) < 4.78 is 3.25. The number of nitrogens with one attached hydrogen (secondary N) is 2. The van der Waals surface area contributed by atoms with Crippen LogP contribution in [0.2, 0.25) is 0 Å². The Labute approximate surface area is 119 Å². The molecule has 0 fully saturated rings. The average Bonchev–Trinajstić information content (AvgIpc) is 3.01. The molecule has 0 atom stereocenters. The average molecular weight is 288 g/mol. The number of imidazole rings is 2. The van der Waals surface area contributed by atoms with Crippen LogP contribution in [0.3, 0.4) is 0 Å². The van der Waals surface area contributed by atoms with Crippen LogP contribution >= 0.6 is 0 Å². The zero-order valence-corrected chi connectivity index (χ0v) is 12.3. The van der Waals surface area contributed by atoms with Gasteiger partial charge in [-0.15, -0.1) is 0 Å². The highest BCUT2D eigenvalue weighted by molar-refractivity contribution is 5.73. The van der Waals surface area contributed by atoms with E-state index < -0.39 is 11.2 Å². The lowest BCUT2D eigenvalue weighted by Crippen LogP contribution is -2.28. The highest BCUT2D eigenvalue weighted by Gasteiger charge is 2.21. The summed E-state index contributed by atoms with van der Waals surface area (Å²) in [5, 5.41) is 0. The number of aryl methyl sites for hydroxylation is 1.